The molecule has 1 heterocycles. The second kappa shape index (κ2) is 7.39. The lowest BCUT2D eigenvalue weighted by Gasteiger charge is -2.24. The van der Waals surface area contributed by atoms with E-state index in [9.17, 15) is 13.2 Å². The molecular formula is C19H20ClNO4S. The zero-order valence-electron chi connectivity index (χ0n) is 14.6. The Bertz CT molecular complexity index is 925. The number of nitrogens with zero attached hydrogens (tertiary/aromatic N) is 1. The van der Waals surface area contributed by atoms with Crippen LogP contribution < -0.4 is 4.74 Å². The first-order chi connectivity index (χ1) is 12.3. The van der Waals surface area contributed by atoms with Gasteiger partial charge in [-0.3, -0.25) is 4.79 Å². The van der Waals surface area contributed by atoms with Crippen LogP contribution in [0.15, 0.2) is 47.4 Å². The number of sulfonamides is 1. The summed E-state index contributed by atoms with van der Waals surface area (Å²) in [5, 5.41) is 0.296. The number of carbonyl (C=O) groups excluding carboxylic acids is 1. The number of aryl methyl sites for hydroxylation is 1. The summed E-state index contributed by atoms with van der Waals surface area (Å²) in [5.74, 6) is 0.0231. The minimum absolute atomic E-state index is 0.0175. The van der Waals surface area contributed by atoms with E-state index < -0.39 is 16.1 Å². The highest BCUT2D eigenvalue weighted by molar-refractivity contribution is 7.89. The molecule has 0 saturated carbocycles. The molecule has 0 radical (unpaired) electrons. The van der Waals surface area contributed by atoms with Gasteiger partial charge < -0.3 is 4.74 Å². The van der Waals surface area contributed by atoms with E-state index in [0.717, 1.165) is 5.56 Å². The highest BCUT2D eigenvalue weighted by atomic mass is 35.5. The molecule has 1 atom stereocenters. The third-order valence-electron chi connectivity index (χ3n) is 4.55. The second-order valence-corrected chi connectivity index (χ2v) is 8.59. The molecule has 0 aliphatic carbocycles. The van der Waals surface area contributed by atoms with E-state index in [-0.39, 0.29) is 16.4 Å². The van der Waals surface area contributed by atoms with Crippen molar-refractivity contribution in [3.05, 3.63) is 58.6 Å². The molecular weight excluding hydrogens is 374 g/mol. The van der Waals surface area contributed by atoms with Gasteiger partial charge in [0.15, 0.2) is 5.78 Å². The highest BCUT2D eigenvalue weighted by Gasteiger charge is 2.40. The third kappa shape index (κ3) is 3.49. The first kappa shape index (κ1) is 18.9. The fraction of sp³-hybridized carbons (Fsp3) is 0.316. The van der Waals surface area contributed by atoms with Gasteiger partial charge in [0.1, 0.15) is 10.6 Å². The van der Waals surface area contributed by atoms with Gasteiger partial charge in [0, 0.05) is 17.1 Å². The molecule has 1 saturated heterocycles. The van der Waals surface area contributed by atoms with Crippen molar-refractivity contribution in [3.8, 4) is 5.75 Å². The van der Waals surface area contributed by atoms with Crippen LogP contribution in [0.4, 0.5) is 0 Å². The molecule has 0 bridgehead atoms. The lowest BCUT2D eigenvalue weighted by Crippen LogP contribution is -2.40. The van der Waals surface area contributed by atoms with Gasteiger partial charge in [0.25, 0.3) is 0 Å². The molecule has 3 rings (SSSR count). The van der Waals surface area contributed by atoms with Crippen LogP contribution in [-0.4, -0.2) is 38.2 Å². The number of methoxy groups -OCH3 is 1. The predicted molar refractivity (Wildman–Crippen MR) is 100 cm³/mol. The summed E-state index contributed by atoms with van der Waals surface area (Å²) >= 11 is 5.99. The maximum absolute atomic E-state index is 13.2. The monoisotopic (exact) mass is 393 g/mol. The van der Waals surface area contributed by atoms with Crippen molar-refractivity contribution in [1.29, 1.82) is 0 Å². The van der Waals surface area contributed by atoms with Gasteiger partial charge in [0.05, 0.1) is 13.2 Å². The molecule has 0 aromatic heterocycles. The minimum atomic E-state index is -3.91. The summed E-state index contributed by atoms with van der Waals surface area (Å²) in [5.41, 5.74) is 1.56. The molecule has 1 fully saturated rings. The largest absolute Gasteiger partial charge is 0.495 e. The molecule has 1 aliphatic rings. The third-order valence-corrected chi connectivity index (χ3v) is 6.72. The normalized spacial score (nSPS) is 18.0. The van der Waals surface area contributed by atoms with Crippen molar-refractivity contribution < 1.29 is 17.9 Å². The molecule has 2 aromatic rings. The maximum atomic E-state index is 13.2. The summed E-state index contributed by atoms with van der Waals surface area (Å²) in [7, 11) is -2.51. The van der Waals surface area contributed by atoms with Crippen LogP contribution in [0.1, 0.15) is 28.8 Å². The van der Waals surface area contributed by atoms with Crippen molar-refractivity contribution in [3.63, 3.8) is 0 Å². The Morgan fingerprint density at radius 2 is 1.88 bits per heavy atom. The van der Waals surface area contributed by atoms with E-state index in [1.807, 2.05) is 19.1 Å². The summed E-state index contributed by atoms with van der Waals surface area (Å²) in [6, 6.07) is 10.9. The Balaban J connectivity index is 1.98. The molecule has 7 heteroatoms. The second-order valence-electron chi connectivity index (χ2n) is 6.30. The predicted octanol–water partition coefficient (Wildman–Crippen LogP) is 3.69. The number of hydrogen-bond donors (Lipinski definition) is 0. The summed E-state index contributed by atoms with van der Waals surface area (Å²) in [6.07, 6.45) is 1.12. The van der Waals surface area contributed by atoms with Crippen LogP contribution in [0.2, 0.25) is 5.02 Å². The number of halogens is 1. The van der Waals surface area contributed by atoms with Gasteiger partial charge in [-0.2, -0.15) is 4.31 Å². The Hall–Kier alpha value is -1.89. The quantitative estimate of drug-likeness (QED) is 0.726. The molecule has 1 aliphatic heterocycles. The fourth-order valence-corrected chi connectivity index (χ4v) is 5.26. The van der Waals surface area contributed by atoms with Crippen molar-refractivity contribution in [2.75, 3.05) is 13.7 Å². The lowest BCUT2D eigenvalue weighted by atomic mass is 10.0. The van der Waals surface area contributed by atoms with E-state index >= 15 is 0 Å². The first-order valence-electron chi connectivity index (χ1n) is 8.31. The minimum Gasteiger partial charge on any atom is -0.495 e. The summed E-state index contributed by atoms with van der Waals surface area (Å²) in [6.45, 7) is 2.23. The molecule has 0 spiro atoms. The number of ether oxygens (including phenoxy) is 1. The zero-order chi connectivity index (χ0) is 18.9. The van der Waals surface area contributed by atoms with Crippen LogP contribution in [0.3, 0.4) is 0 Å². The van der Waals surface area contributed by atoms with Crippen LogP contribution in [0.25, 0.3) is 0 Å². The molecule has 5 nitrogen and oxygen atoms in total. The average molecular weight is 394 g/mol. The van der Waals surface area contributed by atoms with E-state index in [2.05, 4.69) is 0 Å². The van der Waals surface area contributed by atoms with Gasteiger partial charge in [-0.25, -0.2) is 8.42 Å². The van der Waals surface area contributed by atoms with E-state index in [4.69, 9.17) is 16.3 Å². The van der Waals surface area contributed by atoms with E-state index in [1.54, 1.807) is 18.2 Å². The zero-order valence-corrected chi connectivity index (χ0v) is 16.2. The van der Waals surface area contributed by atoms with Crippen molar-refractivity contribution in [2.24, 2.45) is 0 Å². The maximum Gasteiger partial charge on any atom is 0.247 e. The molecule has 1 unspecified atom stereocenters. The Labute approximate surface area is 158 Å². The number of hydrogen-bond acceptors (Lipinski definition) is 4. The number of Topliss-reactive ketones (excluding diaryl/α,β-unsaturated/α-hetero) is 1. The number of ketones is 1. The molecule has 138 valence electrons. The average Bonchev–Trinajstić information content (AvgIpc) is 3.12. The summed E-state index contributed by atoms with van der Waals surface area (Å²) < 4.78 is 32.9. The molecule has 0 N–H and O–H groups in total. The van der Waals surface area contributed by atoms with Crippen molar-refractivity contribution in [1.82, 2.24) is 4.31 Å². The van der Waals surface area contributed by atoms with Gasteiger partial charge in [-0.05, 0) is 38.0 Å². The standard InChI is InChI=1S/C19H20ClNO4S/c1-13-5-7-14(8-6-13)19(22)16-4-3-11-21(16)26(23,24)18-12-15(20)9-10-17(18)25-2/h5-10,12,16H,3-4,11H2,1-2H3. The number of carbonyl (C=O) groups is 1. The van der Waals surface area contributed by atoms with Gasteiger partial charge in [-0.1, -0.05) is 41.4 Å². The van der Waals surface area contributed by atoms with Gasteiger partial charge in [-0.15, -0.1) is 0 Å². The van der Waals surface area contributed by atoms with Gasteiger partial charge in [0.2, 0.25) is 10.0 Å². The number of rotatable bonds is 5. The Morgan fingerprint density at radius 3 is 2.54 bits per heavy atom. The smallest absolute Gasteiger partial charge is 0.247 e. The van der Waals surface area contributed by atoms with Crippen LogP contribution in [-0.2, 0) is 10.0 Å². The highest BCUT2D eigenvalue weighted by Crippen LogP contribution is 2.34. The number of benzene rings is 2. The lowest BCUT2D eigenvalue weighted by molar-refractivity contribution is 0.0918. The van der Waals surface area contributed by atoms with Crippen LogP contribution >= 0.6 is 11.6 Å². The Morgan fingerprint density at radius 1 is 1.19 bits per heavy atom. The van der Waals surface area contributed by atoms with Crippen LogP contribution in [0, 0.1) is 6.92 Å². The summed E-state index contributed by atoms with van der Waals surface area (Å²) in [4.78, 5) is 12.9. The fourth-order valence-electron chi connectivity index (χ4n) is 3.18. The molecule has 2 aromatic carbocycles. The Kier molecular flexibility index (Phi) is 5.37. The molecule has 0 amide bonds. The van der Waals surface area contributed by atoms with E-state index in [0.29, 0.717) is 30.0 Å². The van der Waals surface area contributed by atoms with Crippen molar-refractivity contribution >= 4 is 27.4 Å². The molecule has 26 heavy (non-hydrogen) atoms. The topological polar surface area (TPSA) is 63.7 Å². The van der Waals surface area contributed by atoms with Crippen LogP contribution in [0.5, 0.6) is 5.75 Å². The van der Waals surface area contributed by atoms with Gasteiger partial charge >= 0.3 is 0 Å². The van der Waals surface area contributed by atoms with E-state index in [1.165, 1.54) is 23.5 Å². The van der Waals surface area contributed by atoms with Crippen molar-refractivity contribution in [2.45, 2.75) is 30.7 Å². The first-order valence-corrected chi connectivity index (χ1v) is 10.1. The SMILES string of the molecule is COc1ccc(Cl)cc1S(=O)(=O)N1CCCC1C(=O)c1ccc(C)cc1.